The SMILES string of the molecule is CCCCCCCCC=CCCCCCCCCO.CCCCCCCCCCCCCCCCCC(=O)O. The summed E-state index contributed by atoms with van der Waals surface area (Å²) in [6.45, 7) is 4.91. The zero-order valence-electron chi connectivity index (χ0n) is 26.9. The van der Waals surface area contributed by atoms with Crippen molar-refractivity contribution in [3.63, 3.8) is 0 Å². The number of carboxylic acid groups (broad SMARTS) is 1. The highest BCUT2D eigenvalue weighted by Crippen LogP contribution is 2.14. The third-order valence-electron chi connectivity index (χ3n) is 7.66. The lowest BCUT2D eigenvalue weighted by atomic mass is 10.0. The van der Waals surface area contributed by atoms with E-state index >= 15 is 0 Å². The van der Waals surface area contributed by atoms with Crippen molar-refractivity contribution < 1.29 is 15.0 Å². The summed E-state index contributed by atoms with van der Waals surface area (Å²) in [6.07, 6.45) is 43.4. The molecule has 39 heavy (non-hydrogen) atoms. The Balaban J connectivity index is 0. The highest BCUT2D eigenvalue weighted by Gasteiger charge is 1.97. The first kappa shape index (κ1) is 40.3. The van der Waals surface area contributed by atoms with Crippen LogP contribution < -0.4 is 0 Å². The molecule has 2 N–H and O–H groups in total. The van der Waals surface area contributed by atoms with Gasteiger partial charge in [0.1, 0.15) is 0 Å². The van der Waals surface area contributed by atoms with Gasteiger partial charge in [-0.05, 0) is 38.5 Å². The Bertz CT molecular complexity index is 460. The summed E-state index contributed by atoms with van der Waals surface area (Å²) in [5.41, 5.74) is 0. The minimum absolute atomic E-state index is 0.345. The standard InChI is InChI=1S/C18H36O2.C18H36O/c1-2-3-4-5-6-7-8-9-10-11-12-13-14-15-16-17-18(19)20;1-2-3-4-5-6-7-8-9-10-11-12-13-14-15-16-17-18-19/h2-17H2,1H3,(H,19,20);9-10,19H,2-8,11-18H2,1H3. The molecule has 0 aromatic rings. The van der Waals surface area contributed by atoms with Crippen LogP contribution in [-0.2, 0) is 4.79 Å². The van der Waals surface area contributed by atoms with E-state index in [0.717, 1.165) is 19.3 Å². The van der Waals surface area contributed by atoms with E-state index in [9.17, 15) is 4.79 Å². The molecule has 0 spiro atoms. The van der Waals surface area contributed by atoms with Gasteiger partial charge in [0.05, 0.1) is 0 Å². The lowest BCUT2D eigenvalue weighted by Crippen LogP contribution is -1.93. The first-order valence-electron chi connectivity index (χ1n) is 17.7. The number of carbonyl (C=O) groups is 1. The Morgan fingerprint density at radius 2 is 0.718 bits per heavy atom. The largest absolute Gasteiger partial charge is 0.481 e. The van der Waals surface area contributed by atoms with E-state index in [2.05, 4.69) is 26.0 Å². The van der Waals surface area contributed by atoms with Crippen LogP contribution in [0.4, 0.5) is 0 Å². The average molecular weight is 553 g/mol. The van der Waals surface area contributed by atoms with Crippen molar-refractivity contribution in [2.45, 2.75) is 206 Å². The van der Waals surface area contributed by atoms with Crippen molar-refractivity contribution >= 4 is 5.97 Å². The number of carboxylic acids is 1. The van der Waals surface area contributed by atoms with Crippen LogP contribution >= 0.6 is 0 Å². The maximum atomic E-state index is 10.3. The van der Waals surface area contributed by atoms with Gasteiger partial charge in [0.2, 0.25) is 0 Å². The second-order valence-corrected chi connectivity index (χ2v) is 11.8. The fraction of sp³-hybridized carbons (Fsp3) is 0.917. The molecule has 0 aromatic carbocycles. The highest BCUT2D eigenvalue weighted by molar-refractivity contribution is 5.66. The molecule has 0 atom stereocenters. The van der Waals surface area contributed by atoms with Gasteiger partial charge in [-0.1, -0.05) is 174 Å². The second kappa shape index (κ2) is 39.3. The minimum atomic E-state index is -0.653. The fourth-order valence-electron chi connectivity index (χ4n) is 5.01. The van der Waals surface area contributed by atoms with Crippen LogP contribution in [0.3, 0.4) is 0 Å². The van der Waals surface area contributed by atoms with Gasteiger partial charge in [0.15, 0.2) is 0 Å². The number of hydrogen-bond donors (Lipinski definition) is 2. The predicted octanol–water partition coefficient (Wildman–Crippen LogP) is 12.3. The molecule has 0 unspecified atom stereocenters. The lowest BCUT2D eigenvalue weighted by molar-refractivity contribution is -0.137. The molecule has 0 radical (unpaired) electrons. The predicted molar refractivity (Wildman–Crippen MR) is 174 cm³/mol. The monoisotopic (exact) mass is 553 g/mol. The second-order valence-electron chi connectivity index (χ2n) is 11.8. The molecule has 0 aliphatic carbocycles. The minimum Gasteiger partial charge on any atom is -0.481 e. The van der Waals surface area contributed by atoms with Gasteiger partial charge in [-0.15, -0.1) is 0 Å². The van der Waals surface area contributed by atoms with Gasteiger partial charge in [-0.3, -0.25) is 4.79 Å². The molecule has 0 amide bonds. The molecule has 0 saturated heterocycles. The zero-order chi connectivity index (χ0) is 28.9. The summed E-state index contributed by atoms with van der Waals surface area (Å²) >= 11 is 0. The third-order valence-corrected chi connectivity index (χ3v) is 7.66. The number of aliphatic hydroxyl groups excluding tert-OH is 1. The van der Waals surface area contributed by atoms with Crippen molar-refractivity contribution in [2.75, 3.05) is 6.61 Å². The third kappa shape index (κ3) is 44.4. The molecule has 0 heterocycles. The molecule has 0 saturated carbocycles. The summed E-state index contributed by atoms with van der Waals surface area (Å²) in [6, 6.07) is 0. The van der Waals surface area contributed by atoms with Crippen molar-refractivity contribution in [3.8, 4) is 0 Å². The van der Waals surface area contributed by atoms with E-state index in [1.54, 1.807) is 0 Å². The van der Waals surface area contributed by atoms with Gasteiger partial charge < -0.3 is 10.2 Å². The quantitative estimate of drug-likeness (QED) is 0.0664. The summed E-state index contributed by atoms with van der Waals surface area (Å²) in [5.74, 6) is -0.653. The Labute approximate surface area is 246 Å². The first-order chi connectivity index (χ1) is 19.2. The van der Waals surface area contributed by atoms with Crippen molar-refractivity contribution in [1.82, 2.24) is 0 Å². The topological polar surface area (TPSA) is 57.5 Å². The van der Waals surface area contributed by atoms with E-state index < -0.39 is 5.97 Å². The Morgan fingerprint density at radius 1 is 0.436 bits per heavy atom. The molecule has 3 nitrogen and oxygen atoms in total. The maximum Gasteiger partial charge on any atom is 0.303 e. The molecule has 0 aliphatic heterocycles. The van der Waals surface area contributed by atoms with Crippen LogP contribution in [0.25, 0.3) is 0 Å². The Morgan fingerprint density at radius 3 is 1.03 bits per heavy atom. The van der Waals surface area contributed by atoms with Crippen LogP contribution in [0.2, 0.25) is 0 Å². The van der Waals surface area contributed by atoms with E-state index in [1.807, 2.05) is 0 Å². The van der Waals surface area contributed by atoms with Crippen LogP contribution in [0.15, 0.2) is 12.2 Å². The van der Waals surface area contributed by atoms with Gasteiger partial charge in [-0.2, -0.15) is 0 Å². The van der Waals surface area contributed by atoms with E-state index in [4.69, 9.17) is 10.2 Å². The van der Waals surface area contributed by atoms with E-state index in [1.165, 1.54) is 167 Å². The van der Waals surface area contributed by atoms with Gasteiger partial charge >= 0.3 is 5.97 Å². The molecule has 0 aromatic heterocycles. The van der Waals surface area contributed by atoms with Crippen LogP contribution in [0.5, 0.6) is 0 Å². The molecular formula is C36H72O3. The molecule has 234 valence electrons. The van der Waals surface area contributed by atoms with Crippen LogP contribution in [-0.4, -0.2) is 22.8 Å². The Hall–Kier alpha value is -0.830. The number of allylic oxidation sites excluding steroid dienone is 2. The first-order valence-corrected chi connectivity index (χ1v) is 17.7. The van der Waals surface area contributed by atoms with Gasteiger partial charge in [0.25, 0.3) is 0 Å². The van der Waals surface area contributed by atoms with Gasteiger partial charge in [0, 0.05) is 13.0 Å². The zero-order valence-corrected chi connectivity index (χ0v) is 26.9. The highest BCUT2D eigenvalue weighted by atomic mass is 16.4. The number of hydrogen-bond acceptors (Lipinski definition) is 2. The summed E-state index contributed by atoms with van der Waals surface area (Å²) in [5, 5.41) is 17.2. The van der Waals surface area contributed by atoms with Crippen molar-refractivity contribution in [1.29, 1.82) is 0 Å². The Kier molecular flexibility index (Phi) is 40.6. The van der Waals surface area contributed by atoms with Gasteiger partial charge in [-0.25, -0.2) is 0 Å². The van der Waals surface area contributed by atoms with Crippen LogP contribution in [0.1, 0.15) is 206 Å². The smallest absolute Gasteiger partial charge is 0.303 e. The summed E-state index contributed by atoms with van der Waals surface area (Å²) < 4.78 is 0. The number of aliphatic carboxylic acids is 1. The van der Waals surface area contributed by atoms with Crippen LogP contribution in [0, 0.1) is 0 Å². The van der Waals surface area contributed by atoms with Crippen molar-refractivity contribution in [2.24, 2.45) is 0 Å². The average Bonchev–Trinajstić information content (AvgIpc) is 2.93. The maximum absolute atomic E-state index is 10.3. The number of rotatable bonds is 31. The molecule has 0 aliphatic rings. The lowest BCUT2D eigenvalue weighted by Gasteiger charge is -2.03. The van der Waals surface area contributed by atoms with Crippen molar-refractivity contribution in [3.05, 3.63) is 12.2 Å². The fourth-order valence-corrected chi connectivity index (χ4v) is 5.01. The number of unbranched alkanes of at least 4 members (excludes halogenated alkanes) is 26. The van der Waals surface area contributed by atoms with E-state index in [-0.39, 0.29) is 0 Å². The molecule has 0 bridgehead atoms. The van der Waals surface area contributed by atoms with E-state index in [0.29, 0.717) is 13.0 Å². The molecule has 0 fully saturated rings. The summed E-state index contributed by atoms with van der Waals surface area (Å²) in [4.78, 5) is 10.3. The normalized spacial score (nSPS) is 11.2. The molecular weight excluding hydrogens is 480 g/mol. The molecule has 3 heteroatoms. The number of aliphatic hydroxyl groups is 1. The molecule has 0 rings (SSSR count). The summed E-state index contributed by atoms with van der Waals surface area (Å²) in [7, 11) is 0.